The van der Waals surface area contributed by atoms with Crippen molar-refractivity contribution in [3.63, 3.8) is 0 Å². The molecule has 1 spiro atoms. The highest BCUT2D eigenvalue weighted by Crippen LogP contribution is 2.47. The number of aliphatic hydroxyl groups excluding tert-OH is 1. The molecular formula is C21H28O4S. The molecule has 2 aliphatic rings. The summed E-state index contributed by atoms with van der Waals surface area (Å²) >= 11 is 0. The summed E-state index contributed by atoms with van der Waals surface area (Å²) in [6.07, 6.45) is 3.33. The lowest BCUT2D eigenvalue weighted by atomic mass is 9.70. The van der Waals surface area contributed by atoms with Crippen molar-refractivity contribution in [2.45, 2.75) is 59.3 Å². The van der Waals surface area contributed by atoms with Crippen LogP contribution in [0.2, 0.25) is 0 Å². The predicted molar refractivity (Wildman–Crippen MR) is 104 cm³/mol. The highest BCUT2D eigenvalue weighted by atomic mass is 32.2. The van der Waals surface area contributed by atoms with E-state index >= 15 is 0 Å². The van der Waals surface area contributed by atoms with E-state index in [-0.39, 0.29) is 35.9 Å². The van der Waals surface area contributed by atoms with Gasteiger partial charge in [-0.15, -0.1) is 0 Å². The molecule has 0 bridgehead atoms. The Morgan fingerprint density at radius 1 is 1.12 bits per heavy atom. The van der Waals surface area contributed by atoms with Gasteiger partial charge in [-0.3, -0.25) is 4.79 Å². The van der Waals surface area contributed by atoms with E-state index in [1.54, 1.807) is 0 Å². The van der Waals surface area contributed by atoms with Gasteiger partial charge in [0.15, 0.2) is 15.6 Å². The highest BCUT2D eigenvalue weighted by Gasteiger charge is 2.45. The third-order valence-electron chi connectivity index (χ3n) is 5.79. The summed E-state index contributed by atoms with van der Waals surface area (Å²) in [5.74, 6) is 0.168. The van der Waals surface area contributed by atoms with Crippen molar-refractivity contribution in [3.8, 4) is 0 Å². The number of sulfone groups is 1. The predicted octanol–water partition coefficient (Wildman–Crippen LogP) is 3.95. The molecule has 0 radical (unpaired) electrons. The van der Waals surface area contributed by atoms with Gasteiger partial charge in [-0.25, -0.2) is 8.42 Å². The van der Waals surface area contributed by atoms with Crippen molar-refractivity contribution in [2.24, 2.45) is 5.41 Å². The van der Waals surface area contributed by atoms with Crippen molar-refractivity contribution in [1.82, 2.24) is 0 Å². The maximum absolute atomic E-state index is 13.1. The number of aryl methyl sites for hydroxylation is 3. The maximum Gasteiger partial charge on any atom is 0.167 e. The van der Waals surface area contributed by atoms with E-state index < -0.39 is 15.3 Å². The highest BCUT2D eigenvalue weighted by molar-refractivity contribution is 7.91. The second-order valence-electron chi connectivity index (χ2n) is 7.96. The molecule has 1 unspecified atom stereocenters. The minimum absolute atomic E-state index is 0.0122. The molecule has 0 amide bonds. The summed E-state index contributed by atoms with van der Waals surface area (Å²) in [5, 5.41) is 10.9. The average molecular weight is 377 g/mol. The minimum atomic E-state index is -3.14. The lowest BCUT2D eigenvalue weighted by Gasteiger charge is -2.39. The first-order valence-electron chi connectivity index (χ1n) is 9.49. The molecule has 142 valence electrons. The molecule has 1 aromatic carbocycles. The normalized spacial score (nSPS) is 25.7. The van der Waals surface area contributed by atoms with E-state index in [9.17, 15) is 18.3 Å². The summed E-state index contributed by atoms with van der Waals surface area (Å²) in [6, 6.07) is 4.16. The van der Waals surface area contributed by atoms with Crippen LogP contribution in [0.1, 0.15) is 61.8 Å². The fraction of sp³-hybridized carbons (Fsp3) is 0.571. The van der Waals surface area contributed by atoms with E-state index in [0.717, 1.165) is 35.1 Å². The van der Waals surface area contributed by atoms with Crippen LogP contribution >= 0.6 is 0 Å². The SMILES string of the molecule is CCc1cc(C)cc(CC)c1C1=C(O)CC2(CCCS(=O)(=O)C2)CC1=O. The Bertz CT molecular complexity index is 854. The van der Waals surface area contributed by atoms with Crippen LogP contribution in [-0.4, -0.2) is 30.8 Å². The van der Waals surface area contributed by atoms with Crippen LogP contribution in [0.5, 0.6) is 0 Å². The molecule has 1 atom stereocenters. The quantitative estimate of drug-likeness (QED) is 0.867. The second-order valence-corrected chi connectivity index (χ2v) is 10.1. The molecule has 1 N–H and O–H groups in total. The smallest absolute Gasteiger partial charge is 0.167 e. The molecule has 1 heterocycles. The van der Waals surface area contributed by atoms with Crippen molar-refractivity contribution >= 4 is 21.2 Å². The Labute approximate surface area is 156 Å². The topological polar surface area (TPSA) is 71.4 Å². The molecule has 1 saturated heterocycles. The molecule has 1 aromatic rings. The lowest BCUT2D eigenvalue weighted by Crippen LogP contribution is -2.41. The molecular weight excluding hydrogens is 348 g/mol. The number of Topliss-reactive ketones (excluding diaryl/α,β-unsaturated/α-hetero) is 1. The molecule has 0 saturated carbocycles. The fourth-order valence-corrected chi connectivity index (χ4v) is 6.77. The number of rotatable bonds is 3. The molecule has 1 fully saturated rings. The lowest BCUT2D eigenvalue weighted by molar-refractivity contribution is -0.116. The Kier molecular flexibility index (Phi) is 5.04. The fourth-order valence-electron chi connectivity index (χ4n) is 4.76. The first-order chi connectivity index (χ1) is 12.2. The van der Waals surface area contributed by atoms with Gasteiger partial charge in [0.1, 0.15) is 5.76 Å². The number of hydrogen-bond acceptors (Lipinski definition) is 4. The Morgan fingerprint density at radius 2 is 1.73 bits per heavy atom. The van der Waals surface area contributed by atoms with E-state index in [2.05, 4.69) is 26.0 Å². The molecule has 3 rings (SSSR count). The van der Waals surface area contributed by atoms with E-state index in [1.165, 1.54) is 0 Å². The summed E-state index contributed by atoms with van der Waals surface area (Å²) in [5.41, 5.74) is 3.98. The summed E-state index contributed by atoms with van der Waals surface area (Å²) in [6.45, 7) is 6.15. The second kappa shape index (κ2) is 6.84. The molecule has 1 aliphatic carbocycles. The first-order valence-corrected chi connectivity index (χ1v) is 11.3. The van der Waals surface area contributed by atoms with Gasteiger partial charge in [0, 0.05) is 12.8 Å². The van der Waals surface area contributed by atoms with Gasteiger partial charge in [-0.05, 0) is 54.7 Å². The van der Waals surface area contributed by atoms with Gasteiger partial charge in [0.25, 0.3) is 0 Å². The van der Waals surface area contributed by atoms with E-state index in [4.69, 9.17) is 0 Å². The summed E-state index contributed by atoms with van der Waals surface area (Å²) in [7, 11) is -3.14. The van der Waals surface area contributed by atoms with Crippen molar-refractivity contribution in [2.75, 3.05) is 11.5 Å². The van der Waals surface area contributed by atoms with Crippen LogP contribution in [0.25, 0.3) is 5.57 Å². The van der Waals surface area contributed by atoms with Crippen molar-refractivity contribution < 1.29 is 18.3 Å². The van der Waals surface area contributed by atoms with Gasteiger partial charge in [0.2, 0.25) is 0 Å². The Hall–Kier alpha value is -1.62. The number of benzene rings is 1. The average Bonchev–Trinajstić information content (AvgIpc) is 2.53. The maximum atomic E-state index is 13.1. The van der Waals surface area contributed by atoms with Gasteiger partial charge in [-0.1, -0.05) is 31.5 Å². The number of allylic oxidation sites excluding steroid dienone is 2. The first kappa shape index (κ1) is 19.2. The zero-order valence-electron chi connectivity index (χ0n) is 15.9. The van der Waals surface area contributed by atoms with Gasteiger partial charge >= 0.3 is 0 Å². The Balaban J connectivity index is 2.10. The van der Waals surface area contributed by atoms with Crippen LogP contribution in [-0.2, 0) is 27.5 Å². The number of ketones is 1. The molecule has 4 nitrogen and oxygen atoms in total. The number of carbonyl (C=O) groups excluding carboxylic acids is 1. The zero-order chi connectivity index (χ0) is 19.1. The molecule has 0 aromatic heterocycles. The minimum Gasteiger partial charge on any atom is -0.512 e. The number of hydrogen-bond donors (Lipinski definition) is 1. The van der Waals surface area contributed by atoms with Crippen molar-refractivity contribution in [1.29, 1.82) is 0 Å². The molecule has 5 heteroatoms. The zero-order valence-corrected chi connectivity index (χ0v) is 16.7. The van der Waals surface area contributed by atoms with E-state index in [1.807, 2.05) is 6.92 Å². The monoisotopic (exact) mass is 376 g/mol. The van der Waals surface area contributed by atoms with E-state index in [0.29, 0.717) is 18.4 Å². The van der Waals surface area contributed by atoms with Gasteiger partial charge in [0.05, 0.1) is 17.1 Å². The molecule has 26 heavy (non-hydrogen) atoms. The number of aliphatic hydroxyl groups is 1. The van der Waals surface area contributed by atoms with Crippen LogP contribution in [0.4, 0.5) is 0 Å². The van der Waals surface area contributed by atoms with Crippen LogP contribution in [0.15, 0.2) is 17.9 Å². The van der Waals surface area contributed by atoms with Crippen LogP contribution in [0, 0.1) is 12.3 Å². The van der Waals surface area contributed by atoms with Crippen LogP contribution < -0.4 is 0 Å². The summed E-state index contributed by atoms with van der Waals surface area (Å²) < 4.78 is 24.2. The standard InChI is InChI=1S/C21H28O4S/c1-4-15-9-14(3)10-16(5-2)19(15)20-17(22)11-21(12-18(20)23)7-6-8-26(24,25)13-21/h9-10,22H,4-8,11-13H2,1-3H3. The largest absolute Gasteiger partial charge is 0.512 e. The summed E-state index contributed by atoms with van der Waals surface area (Å²) in [4.78, 5) is 13.1. The number of carbonyl (C=O) groups is 1. The van der Waals surface area contributed by atoms with Crippen LogP contribution in [0.3, 0.4) is 0 Å². The third kappa shape index (κ3) is 3.46. The van der Waals surface area contributed by atoms with Gasteiger partial charge in [-0.2, -0.15) is 0 Å². The third-order valence-corrected chi connectivity index (χ3v) is 7.75. The molecule has 1 aliphatic heterocycles. The van der Waals surface area contributed by atoms with Gasteiger partial charge < -0.3 is 5.11 Å². The Morgan fingerprint density at radius 3 is 2.23 bits per heavy atom. The van der Waals surface area contributed by atoms with Crippen molar-refractivity contribution in [3.05, 3.63) is 40.1 Å².